The van der Waals surface area contributed by atoms with Crippen LogP contribution in [0.5, 0.6) is 0 Å². The van der Waals surface area contributed by atoms with Gasteiger partial charge < -0.3 is 5.32 Å². The predicted molar refractivity (Wildman–Crippen MR) is 104 cm³/mol. The molecule has 146 valence electrons. The van der Waals surface area contributed by atoms with Crippen molar-refractivity contribution in [3.05, 3.63) is 64.5 Å². The molecule has 4 aromatic rings. The molecule has 11 heteroatoms. The predicted octanol–water partition coefficient (Wildman–Crippen LogP) is 4.03. The molecule has 0 unspecified atom stereocenters. The summed E-state index contributed by atoms with van der Waals surface area (Å²) in [5, 5.41) is 17.1. The van der Waals surface area contributed by atoms with Crippen LogP contribution < -0.4 is 5.32 Å². The summed E-state index contributed by atoms with van der Waals surface area (Å²) in [6.07, 6.45) is 0. The van der Waals surface area contributed by atoms with Crippen LogP contribution in [0, 0.1) is 11.6 Å². The molecule has 2 aromatic heterocycles. The number of carbonyl (C=O) groups is 1. The lowest BCUT2D eigenvalue weighted by Gasteiger charge is -2.00. The fourth-order valence-electron chi connectivity index (χ4n) is 2.43. The third-order valence-corrected chi connectivity index (χ3v) is 4.82. The number of hydrogen-bond donors (Lipinski definition) is 1. The molecule has 0 radical (unpaired) electrons. The number of benzene rings is 2. The smallest absolute Gasteiger partial charge is 0.249 e. The Morgan fingerprint density at radius 1 is 1.10 bits per heavy atom. The SMILES string of the molecule is O=C(Cn1nnc(-c2ccc(Cl)cc2)n1)Nc1nc(-c2ccc(F)c(F)c2)cs1. The van der Waals surface area contributed by atoms with Crippen LogP contribution in [-0.2, 0) is 11.3 Å². The molecular weight excluding hydrogens is 422 g/mol. The van der Waals surface area contributed by atoms with Gasteiger partial charge in [0.1, 0.15) is 6.54 Å². The number of tetrazole rings is 1. The second kappa shape index (κ2) is 8.02. The number of amides is 1. The molecule has 0 bridgehead atoms. The summed E-state index contributed by atoms with van der Waals surface area (Å²) in [4.78, 5) is 17.6. The number of halogens is 3. The first-order chi connectivity index (χ1) is 14.0. The highest BCUT2D eigenvalue weighted by Gasteiger charge is 2.13. The van der Waals surface area contributed by atoms with E-state index in [9.17, 15) is 13.6 Å². The Bertz CT molecular complexity index is 1180. The van der Waals surface area contributed by atoms with Crippen LogP contribution >= 0.6 is 22.9 Å². The average Bonchev–Trinajstić information content (AvgIpc) is 3.34. The molecule has 0 saturated carbocycles. The van der Waals surface area contributed by atoms with Gasteiger partial charge in [0.25, 0.3) is 0 Å². The monoisotopic (exact) mass is 432 g/mol. The van der Waals surface area contributed by atoms with Gasteiger partial charge in [-0.05, 0) is 47.7 Å². The topological polar surface area (TPSA) is 85.6 Å². The molecule has 0 fully saturated rings. The van der Waals surface area contributed by atoms with Crippen LogP contribution in [0.2, 0.25) is 5.02 Å². The summed E-state index contributed by atoms with van der Waals surface area (Å²) >= 11 is 7.01. The van der Waals surface area contributed by atoms with E-state index in [-0.39, 0.29) is 6.54 Å². The summed E-state index contributed by atoms with van der Waals surface area (Å²) in [6.45, 7) is -0.166. The molecule has 0 aliphatic rings. The molecule has 1 N–H and O–H groups in total. The minimum atomic E-state index is -0.963. The lowest BCUT2D eigenvalue weighted by atomic mass is 10.2. The quantitative estimate of drug-likeness (QED) is 0.514. The highest BCUT2D eigenvalue weighted by atomic mass is 35.5. The maximum Gasteiger partial charge on any atom is 0.249 e. The van der Waals surface area contributed by atoms with E-state index < -0.39 is 17.5 Å². The van der Waals surface area contributed by atoms with E-state index in [1.54, 1.807) is 29.6 Å². The highest BCUT2D eigenvalue weighted by Crippen LogP contribution is 2.26. The van der Waals surface area contributed by atoms with E-state index in [4.69, 9.17) is 11.6 Å². The van der Waals surface area contributed by atoms with Gasteiger partial charge in [0.2, 0.25) is 11.7 Å². The van der Waals surface area contributed by atoms with Gasteiger partial charge in [0.15, 0.2) is 16.8 Å². The van der Waals surface area contributed by atoms with Crippen LogP contribution in [0.25, 0.3) is 22.6 Å². The maximum atomic E-state index is 13.4. The molecule has 0 aliphatic carbocycles. The van der Waals surface area contributed by atoms with Gasteiger partial charge >= 0.3 is 0 Å². The van der Waals surface area contributed by atoms with Crippen molar-refractivity contribution in [3.63, 3.8) is 0 Å². The van der Waals surface area contributed by atoms with E-state index in [0.29, 0.717) is 27.2 Å². The molecule has 0 aliphatic heterocycles. The van der Waals surface area contributed by atoms with E-state index >= 15 is 0 Å². The third kappa shape index (κ3) is 4.44. The van der Waals surface area contributed by atoms with Crippen molar-refractivity contribution in [1.29, 1.82) is 0 Å². The number of rotatable bonds is 5. The number of aromatic nitrogens is 5. The van der Waals surface area contributed by atoms with Crippen LogP contribution in [0.15, 0.2) is 47.8 Å². The molecular formula is C18H11ClF2N6OS. The largest absolute Gasteiger partial charge is 0.300 e. The second-order valence-electron chi connectivity index (χ2n) is 5.87. The molecule has 0 saturated heterocycles. The van der Waals surface area contributed by atoms with Crippen molar-refractivity contribution in [2.45, 2.75) is 6.54 Å². The summed E-state index contributed by atoms with van der Waals surface area (Å²) < 4.78 is 26.4. The van der Waals surface area contributed by atoms with Crippen molar-refractivity contribution in [2.75, 3.05) is 5.32 Å². The van der Waals surface area contributed by atoms with Gasteiger partial charge in [-0.15, -0.1) is 21.5 Å². The van der Waals surface area contributed by atoms with E-state index in [1.165, 1.54) is 6.07 Å². The minimum Gasteiger partial charge on any atom is -0.300 e. The van der Waals surface area contributed by atoms with Crippen LogP contribution in [-0.4, -0.2) is 31.1 Å². The zero-order valence-electron chi connectivity index (χ0n) is 14.5. The first-order valence-electron chi connectivity index (χ1n) is 8.22. The lowest BCUT2D eigenvalue weighted by molar-refractivity contribution is -0.117. The second-order valence-corrected chi connectivity index (χ2v) is 7.16. The first-order valence-corrected chi connectivity index (χ1v) is 9.48. The zero-order valence-corrected chi connectivity index (χ0v) is 16.1. The minimum absolute atomic E-state index is 0.166. The molecule has 29 heavy (non-hydrogen) atoms. The first kappa shape index (κ1) is 19.1. The van der Waals surface area contributed by atoms with E-state index in [0.717, 1.165) is 33.8 Å². The van der Waals surface area contributed by atoms with E-state index in [2.05, 4.69) is 25.7 Å². The molecule has 0 atom stereocenters. The number of carbonyl (C=O) groups excluding carboxylic acids is 1. The molecule has 4 rings (SSSR count). The summed E-state index contributed by atoms with van der Waals surface area (Å²) in [7, 11) is 0. The van der Waals surface area contributed by atoms with Gasteiger partial charge in [-0.3, -0.25) is 4.79 Å². The van der Waals surface area contributed by atoms with Gasteiger partial charge in [0.05, 0.1) is 5.69 Å². The van der Waals surface area contributed by atoms with Crippen molar-refractivity contribution >= 4 is 34.0 Å². The fraction of sp³-hybridized carbons (Fsp3) is 0.0556. The average molecular weight is 433 g/mol. The number of nitrogens with one attached hydrogen (secondary N) is 1. The van der Waals surface area contributed by atoms with Crippen LogP contribution in [0.4, 0.5) is 13.9 Å². The summed E-state index contributed by atoms with van der Waals surface area (Å²) in [5.41, 5.74) is 1.55. The van der Waals surface area contributed by atoms with Crippen LogP contribution in [0.3, 0.4) is 0 Å². The lowest BCUT2D eigenvalue weighted by Crippen LogP contribution is -2.20. The fourth-order valence-corrected chi connectivity index (χ4v) is 3.29. The normalized spacial score (nSPS) is 10.9. The Morgan fingerprint density at radius 2 is 1.86 bits per heavy atom. The number of anilines is 1. The maximum absolute atomic E-state index is 13.4. The Hall–Kier alpha value is -3.24. The Balaban J connectivity index is 1.41. The van der Waals surface area contributed by atoms with Gasteiger partial charge in [-0.25, -0.2) is 13.8 Å². The molecule has 0 spiro atoms. The highest BCUT2D eigenvalue weighted by molar-refractivity contribution is 7.14. The third-order valence-electron chi connectivity index (χ3n) is 3.81. The molecule has 2 heterocycles. The Labute approximate surface area is 172 Å². The summed E-state index contributed by atoms with van der Waals surface area (Å²) in [6, 6.07) is 10.4. The van der Waals surface area contributed by atoms with Crippen molar-refractivity contribution in [2.24, 2.45) is 0 Å². The standard InChI is InChI=1S/C18H11ClF2N6OS/c19-12-4-1-10(2-5-12)17-24-26-27(25-17)8-16(28)23-18-22-15(9-29-18)11-3-6-13(20)14(21)7-11/h1-7,9H,8H2,(H,22,23,28). The summed E-state index contributed by atoms with van der Waals surface area (Å²) in [5.74, 6) is -1.94. The van der Waals surface area contributed by atoms with Crippen molar-refractivity contribution in [1.82, 2.24) is 25.2 Å². The van der Waals surface area contributed by atoms with Gasteiger partial charge in [0, 0.05) is 21.5 Å². The van der Waals surface area contributed by atoms with Gasteiger partial charge in [-0.1, -0.05) is 11.6 Å². The number of nitrogens with zero attached hydrogens (tertiary/aromatic N) is 5. The number of hydrogen-bond acceptors (Lipinski definition) is 6. The Kier molecular flexibility index (Phi) is 5.28. The van der Waals surface area contributed by atoms with E-state index in [1.807, 2.05) is 0 Å². The van der Waals surface area contributed by atoms with Gasteiger partial charge in [-0.2, -0.15) is 4.80 Å². The number of thiazole rings is 1. The molecule has 7 nitrogen and oxygen atoms in total. The van der Waals surface area contributed by atoms with Crippen molar-refractivity contribution in [3.8, 4) is 22.6 Å². The van der Waals surface area contributed by atoms with Crippen LogP contribution in [0.1, 0.15) is 0 Å². The zero-order chi connectivity index (χ0) is 20.4. The van der Waals surface area contributed by atoms with Crippen molar-refractivity contribution < 1.29 is 13.6 Å². The molecule has 1 amide bonds. The molecule has 2 aromatic carbocycles. The Morgan fingerprint density at radius 3 is 2.62 bits per heavy atom.